The van der Waals surface area contributed by atoms with Crippen LogP contribution in [0.4, 0.5) is 4.39 Å². The van der Waals surface area contributed by atoms with E-state index in [0.29, 0.717) is 11.4 Å². The van der Waals surface area contributed by atoms with Gasteiger partial charge in [-0.3, -0.25) is 10.1 Å². The Labute approximate surface area is 237 Å². The van der Waals surface area contributed by atoms with Crippen LogP contribution in [0.25, 0.3) is 55.6 Å². The van der Waals surface area contributed by atoms with Gasteiger partial charge in [0.05, 0.1) is 18.3 Å². The third-order valence-corrected chi connectivity index (χ3v) is 8.13. The first-order valence-electron chi connectivity index (χ1n) is 14.1. The van der Waals surface area contributed by atoms with Crippen molar-refractivity contribution in [3.8, 4) is 39.4 Å². The lowest BCUT2D eigenvalue weighted by Gasteiger charge is -2.11. The molecule has 3 N–H and O–H groups in total. The van der Waals surface area contributed by atoms with Crippen molar-refractivity contribution in [3.63, 3.8) is 0 Å². The minimum Gasteiger partial charge on any atom is -0.497 e. The Balaban J connectivity index is 1.21. The van der Waals surface area contributed by atoms with Gasteiger partial charge in [-0.1, -0.05) is 18.9 Å². The minimum absolute atomic E-state index is 0.353. The first kappa shape index (κ1) is 25.4. The molecular formula is C33H31FN6O. The molecular weight excluding hydrogens is 515 g/mol. The number of aromatic amines is 2. The van der Waals surface area contributed by atoms with Crippen LogP contribution in [0.5, 0.6) is 5.75 Å². The summed E-state index contributed by atoms with van der Waals surface area (Å²) in [6, 6.07) is 17.1. The Morgan fingerprint density at radius 2 is 1.85 bits per heavy atom. The molecule has 0 radical (unpaired) electrons. The first-order valence-corrected chi connectivity index (χ1v) is 14.1. The van der Waals surface area contributed by atoms with Gasteiger partial charge in [-0.05, 0) is 90.0 Å². The fraction of sp³-hybridized carbons (Fsp3) is 0.242. The summed E-state index contributed by atoms with van der Waals surface area (Å²) in [6.45, 7) is 1.89. The minimum atomic E-state index is -0.353. The molecule has 0 bridgehead atoms. The molecule has 0 aliphatic heterocycles. The van der Waals surface area contributed by atoms with Gasteiger partial charge in [0.2, 0.25) is 0 Å². The average Bonchev–Trinajstić information content (AvgIpc) is 3.76. The smallest absolute Gasteiger partial charge is 0.138 e. The van der Waals surface area contributed by atoms with Gasteiger partial charge < -0.3 is 15.0 Å². The van der Waals surface area contributed by atoms with Gasteiger partial charge in [-0.15, -0.1) is 0 Å². The molecule has 1 aliphatic rings. The first-order chi connectivity index (χ1) is 20.1. The maximum atomic E-state index is 14.3. The lowest BCUT2D eigenvalue weighted by molar-refractivity contribution is 0.411. The number of pyridine rings is 2. The van der Waals surface area contributed by atoms with Crippen molar-refractivity contribution in [2.24, 2.45) is 5.92 Å². The number of hydrogen-bond donors (Lipinski definition) is 3. The van der Waals surface area contributed by atoms with Gasteiger partial charge in [0, 0.05) is 47.5 Å². The van der Waals surface area contributed by atoms with Gasteiger partial charge in [-0.25, -0.2) is 9.37 Å². The Morgan fingerprint density at radius 3 is 2.73 bits per heavy atom. The highest BCUT2D eigenvalue weighted by atomic mass is 19.1. The molecule has 0 amide bonds. The average molecular weight is 547 g/mol. The highest BCUT2D eigenvalue weighted by molar-refractivity contribution is 6.00. The second kappa shape index (κ2) is 10.8. The van der Waals surface area contributed by atoms with E-state index < -0.39 is 0 Å². The normalized spacial score (nSPS) is 13.9. The fourth-order valence-electron chi connectivity index (χ4n) is 6.02. The molecule has 0 unspecified atom stereocenters. The van der Waals surface area contributed by atoms with Crippen molar-refractivity contribution in [1.29, 1.82) is 0 Å². The molecule has 1 aliphatic carbocycles. The highest BCUT2D eigenvalue weighted by Gasteiger charge is 2.17. The number of hydrogen-bond acceptors (Lipinski definition) is 5. The van der Waals surface area contributed by atoms with Crippen LogP contribution < -0.4 is 10.1 Å². The van der Waals surface area contributed by atoms with Crippen molar-refractivity contribution >= 4 is 21.9 Å². The maximum absolute atomic E-state index is 14.3. The molecule has 0 atom stereocenters. The molecule has 4 heterocycles. The quantitative estimate of drug-likeness (QED) is 0.187. The summed E-state index contributed by atoms with van der Waals surface area (Å²) >= 11 is 0. The van der Waals surface area contributed by atoms with E-state index in [2.05, 4.69) is 54.7 Å². The molecule has 0 spiro atoms. The van der Waals surface area contributed by atoms with E-state index in [9.17, 15) is 4.39 Å². The number of ether oxygens (including phenoxy) is 1. The zero-order valence-electron chi connectivity index (χ0n) is 22.9. The van der Waals surface area contributed by atoms with Gasteiger partial charge in [0.1, 0.15) is 22.9 Å². The number of benzene rings is 2. The molecule has 1 saturated carbocycles. The molecule has 6 aromatic rings. The zero-order chi connectivity index (χ0) is 27.8. The van der Waals surface area contributed by atoms with Crippen LogP contribution in [-0.2, 0) is 6.54 Å². The van der Waals surface area contributed by atoms with Gasteiger partial charge in [-0.2, -0.15) is 5.10 Å². The van der Waals surface area contributed by atoms with Crippen LogP contribution >= 0.6 is 0 Å². The summed E-state index contributed by atoms with van der Waals surface area (Å²) in [7, 11) is 1.53. The van der Waals surface area contributed by atoms with Crippen molar-refractivity contribution in [2.75, 3.05) is 13.7 Å². The summed E-state index contributed by atoms with van der Waals surface area (Å²) in [6.07, 6.45) is 11.0. The predicted molar refractivity (Wildman–Crippen MR) is 160 cm³/mol. The van der Waals surface area contributed by atoms with Crippen LogP contribution in [0.1, 0.15) is 31.2 Å². The maximum Gasteiger partial charge on any atom is 0.138 e. The Hall–Kier alpha value is -4.56. The van der Waals surface area contributed by atoms with E-state index >= 15 is 0 Å². The van der Waals surface area contributed by atoms with Crippen LogP contribution in [0.15, 0.2) is 73.2 Å². The van der Waals surface area contributed by atoms with E-state index in [1.807, 2.05) is 30.6 Å². The van der Waals surface area contributed by atoms with Crippen LogP contribution in [0.3, 0.4) is 0 Å². The SMILES string of the molecule is COc1cc(F)cc(-c2ccnc3[nH]c(-c4n[nH]c5ccc(-c6cncc(CNCC7CCCC7)c6)cc45)cc23)c1. The van der Waals surface area contributed by atoms with Crippen LogP contribution in [-0.4, -0.2) is 38.8 Å². The van der Waals surface area contributed by atoms with Crippen LogP contribution in [0.2, 0.25) is 0 Å². The third kappa shape index (κ3) is 5.07. The lowest BCUT2D eigenvalue weighted by atomic mass is 10.0. The summed E-state index contributed by atoms with van der Waals surface area (Å²) in [5.74, 6) is 0.921. The Morgan fingerprint density at radius 1 is 0.951 bits per heavy atom. The number of nitrogens with one attached hydrogen (secondary N) is 3. The van der Waals surface area contributed by atoms with Crippen molar-refractivity contribution in [1.82, 2.24) is 30.5 Å². The monoisotopic (exact) mass is 546 g/mol. The number of aromatic nitrogens is 5. The number of halogens is 1. The fourth-order valence-corrected chi connectivity index (χ4v) is 6.02. The van der Waals surface area contributed by atoms with Gasteiger partial charge in [0.25, 0.3) is 0 Å². The summed E-state index contributed by atoms with van der Waals surface area (Å²) in [5, 5.41) is 13.3. The molecule has 1 fully saturated rings. The summed E-state index contributed by atoms with van der Waals surface area (Å²) in [4.78, 5) is 12.5. The largest absolute Gasteiger partial charge is 0.497 e. The molecule has 8 heteroatoms. The second-order valence-electron chi connectivity index (χ2n) is 10.9. The van der Waals surface area contributed by atoms with E-state index in [0.717, 1.165) is 68.9 Å². The van der Waals surface area contributed by atoms with E-state index in [-0.39, 0.29) is 5.82 Å². The summed E-state index contributed by atoms with van der Waals surface area (Å²) in [5.41, 5.74) is 8.17. The molecule has 7 rings (SSSR count). The molecule has 7 nitrogen and oxygen atoms in total. The molecule has 0 saturated heterocycles. The number of rotatable bonds is 8. The number of nitrogens with zero attached hydrogens (tertiary/aromatic N) is 3. The van der Waals surface area contributed by atoms with E-state index in [1.54, 1.807) is 6.20 Å². The molecule has 2 aromatic carbocycles. The number of fused-ring (bicyclic) bond motifs is 2. The lowest BCUT2D eigenvalue weighted by Crippen LogP contribution is -2.20. The van der Waals surface area contributed by atoms with Gasteiger partial charge in [0.15, 0.2) is 0 Å². The Bertz CT molecular complexity index is 1850. The topological polar surface area (TPSA) is 91.5 Å². The number of H-pyrrole nitrogens is 2. The standard InChI is InChI=1S/C33H31FN6O/c1-41-26-12-23(11-25(34)14-26)27-8-9-37-33-28(27)15-31(38-33)32-29-13-22(6-7-30(29)39-40-32)24-10-21(18-36-19-24)17-35-16-20-4-2-3-5-20/h6-15,18-20,35H,2-5,16-17H2,1H3,(H,37,38)(H,39,40). The predicted octanol–water partition coefficient (Wildman–Crippen LogP) is 7.26. The molecule has 206 valence electrons. The summed E-state index contributed by atoms with van der Waals surface area (Å²) < 4.78 is 19.6. The van der Waals surface area contributed by atoms with E-state index in [1.165, 1.54) is 50.5 Å². The van der Waals surface area contributed by atoms with Crippen molar-refractivity contribution in [3.05, 3.63) is 84.6 Å². The van der Waals surface area contributed by atoms with E-state index in [4.69, 9.17) is 4.74 Å². The van der Waals surface area contributed by atoms with Crippen molar-refractivity contribution in [2.45, 2.75) is 32.2 Å². The van der Waals surface area contributed by atoms with Gasteiger partial charge >= 0.3 is 0 Å². The third-order valence-electron chi connectivity index (χ3n) is 8.13. The Kier molecular flexibility index (Phi) is 6.68. The zero-order valence-corrected chi connectivity index (χ0v) is 22.9. The highest BCUT2D eigenvalue weighted by Crippen LogP contribution is 2.36. The molecule has 41 heavy (non-hydrogen) atoms. The van der Waals surface area contributed by atoms with Crippen molar-refractivity contribution < 1.29 is 9.13 Å². The molecule has 4 aromatic heterocycles. The second-order valence-corrected chi connectivity index (χ2v) is 10.9. The van der Waals surface area contributed by atoms with Crippen LogP contribution in [0, 0.1) is 11.7 Å². The number of methoxy groups -OCH3 is 1.